The molecular weight excluding hydrogens is 180 g/mol. The van der Waals surface area contributed by atoms with Crippen LogP contribution in [0, 0.1) is 0 Å². The van der Waals surface area contributed by atoms with Gasteiger partial charge in [-0.15, -0.1) is 0 Å². The second-order valence-corrected chi connectivity index (χ2v) is 3.24. The van der Waals surface area contributed by atoms with E-state index in [2.05, 4.69) is 4.98 Å². The zero-order valence-corrected chi connectivity index (χ0v) is 7.71. The van der Waals surface area contributed by atoms with Crippen LogP contribution in [-0.2, 0) is 0 Å². The fraction of sp³-hybridized carbons (Fsp3) is 0. The smallest absolute Gasteiger partial charge is 0.104 e. The first-order valence-corrected chi connectivity index (χ1v) is 4.32. The van der Waals surface area contributed by atoms with Crippen molar-refractivity contribution in [2.45, 2.75) is 0 Å². The third-order valence-electron chi connectivity index (χ3n) is 1.93. The molecule has 64 valence electrons. The number of thiocarbonyl (C=S) groups is 1. The lowest BCUT2D eigenvalue weighted by atomic mass is 10.1. The first kappa shape index (κ1) is 8.13. The van der Waals surface area contributed by atoms with Crippen LogP contribution in [0.3, 0.4) is 0 Å². The highest BCUT2D eigenvalue weighted by atomic mass is 32.1. The zero-order valence-electron chi connectivity index (χ0n) is 6.90. The summed E-state index contributed by atoms with van der Waals surface area (Å²) in [5, 5.41) is 2.21. The number of fused-ring (bicyclic) bond motifs is 1. The Balaban J connectivity index is 2.69. The molecule has 2 nitrogen and oxygen atoms in total. The highest BCUT2D eigenvalue weighted by Gasteiger charge is 1.97. The van der Waals surface area contributed by atoms with Gasteiger partial charge in [0.05, 0.1) is 0 Å². The van der Waals surface area contributed by atoms with Crippen molar-refractivity contribution >= 4 is 28.0 Å². The van der Waals surface area contributed by atoms with Gasteiger partial charge in [-0.25, -0.2) is 0 Å². The van der Waals surface area contributed by atoms with Crippen LogP contribution in [0.25, 0.3) is 10.8 Å². The molecule has 0 bridgehead atoms. The van der Waals surface area contributed by atoms with Crippen molar-refractivity contribution in [1.82, 2.24) is 4.98 Å². The zero-order chi connectivity index (χ0) is 9.26. The van der Waals surface area contributed by atoms with Gasteiger partial charge in [-0.05, 0) is 17.5 Å². The number of rotatable bonds is 1. The van der Waals surface area contributed by atoms with E-state index in [1.807, 2.05) is 30.5 Å². The van der Waals surface area contributed by atoms with Crippen molar-refractivity contribution in [3.05, 3.63) is 42.2 Å². The maximum absolute atomic E-state index is 5.52. The Morgan fingerprint density at radius 3 is 2.85 bits per heavy atom. The van der Waals surface area contributed by atoms with Crippen LogP contribution in [0.5, 0.6) is 0 Å². The second kappa shape index (κ2) is 3.11. The van der Waals surface area contributed by atoms with Gasteiger partial charge >= 0.3 is 0 Å². The molecule has 1 aromatic carbocycles. The molecule has 0 aliphatic heterocycles. The molecule has 13 heavy (non-hydrogen) atoms. The van der Waals surface area contributed by atoms with Gasteiger partial charge < -0.3 is 5.73 Å². The lowest BCUT2D eigenvalue weighted by Crippen LogP contribution is -2.08. The lowest BCUT2D eigenvalue weighted by molar-refractivity contribution is 1.36. The Morgan fingerprint density at radius 2 is 2.08 bits per heavy atom. The minimum absolute atomic E-state index is 0.429. The number of nitrogens with two attached hydrogens (primary N) is 1. The van der Waals surface area contributed by atoms with Gasteiger partial charge in [0.1, 0.15) is 4.99 Å². The van der Waals surface area contributed by atoms with Crippen molar-refractivity contribution in [2.75, 3.05) is 0 Å². The summed E-state index contributed by atoms with van der Waals surface area (Å²) in [6.07, 6.45) is 3.57. The summed E-state index contributed by atoms with van der Waals surface area (Å²) in [6, 6.07) is 7.79. The Morgan fingerprint density at radius 1 is 1.23 bits per heavy atom. The van der Waals surface area contributed by atoms with Gasteiger partial charge in [0, 0.05) is 23.3 Å². The monoisotopic (exact) mass is 188 g/mol. The van der Waals surface area contributed by atoms with Crippen LogP contribution in [-0.4, -0.2) is 9.97 Å². The van der Waals surface area contributed by atoms with Gasteiger partial charge in [-0.2, -0.15) is 0 Å². The normalized spacial score (nSPS) is 10.2. The standard InChI is InChI=1S/C10H8N2S/c11-10(13)8-1-2-9-6-12-4-3-7(9)5-8/h1-6H,(H2,11,13). The van der Waals surface area contributed by atoms with Crippen LogP contribution in [0.4, 0.5) is 0 Å². The van der Waals surface area contributed by atoms with Crippen LogP contribution in [0.2, 0.25) is 0 Å². The molecule has 0 unspecified atom stereocenters. The maximum Gasteiger partial charge on any atom is 0.104 e. The van der Waals surface area contributed by atoms with Crippen molar-refractivity contribution in [3.8, 4) is 0 Å². The van der Waals surface area contributed by atoms with E-state index >= 15 is 0 Å². The van der Waals surface area contributed by atoms with E-state index in [1.165, 1.54) is 0 Å². The van der Waals surface area contributed by atoms with E-state index in [0.29, 0.717) is 4.99 Å². The summed E-state index contributed by atoms with van der Waals surface area (Å²) >= 11 is 4.89. The van der Waals surface area contributed by atoms with Crippen molar-refractivity contribution in [1.29, 1.82) is 0 Å². The van der Waals surface area contributed by atoms with E-state index in [4.69, 9.17) is 18.0 Å². The average Bonchev–Trinajstić information content (AvgIpc) is 2.17. The first-order valence-electron chi connectivity index (χ1n) is 3.91. The third-order valence-corrected chi connectivity index (χ3v) is 2.16. The van der Waals surface area contributed by atoms with E-state index < -0.39 is 0 Å². The number of benzene rings is 1. The highest BCUT2D eigenvalue weighted by molar-refractivity contribution is 7.80. The molecule has 0 aliphatic rings. The molecule has 2 N–H and O–H groups in total. The van der Waals surface area contributed by atoms with Gasteiger partial charge in [0.25, 0.3) is 0 Å². The van der Waals surface area contributed by atoms with Gasteiger partial charge in [-0.3, -0.25) is 4.98 Å². The van der Waals surface area contributed by atoms with Crippen LogP contribution < -0.4 is 5.73 Å². The molecule has 0 radical (unpaired) electrons. The van der Waals surface area contributed by atoms with Gasteiger partial charge in [0.2, 0.25) is 0 Å². The third kappa shape index (κ3) is 1.51. The van der Waals surface area contributed by atoms with E-state index in [9.17, 15) is 0 Å². The van der Waals surface area contributed by atoms with Gasteiger partial charge in [0.15, 0.2) is 0 Å². The molecule has 0 saturated heterocycles. The Bertz CT molecular complexity index is 465. The molecule has 0 spiro atoms. The molecule has 2 rings (SSSR count). The van der Waals surface area contributed by atoms with Crippen molar-refractivity contribution in [3.63, 3.8) is 0 Å². The fourth-order valence-corrected chi connectivity index (χ4v) is 1.36. The second-order valence-electron chi connectivity index (χ2n) is 2.80. The van der Waals surface area contributed by atoms with Crippen LogP contribution >= 0.6 is 12.2 Å². The number of hydrogen-bond acceptors (Lipinski definition) is 2. The predicted molar refractivity (Wildman–Crippen MR) is 57.6 cm³/mol. The average molecular weight is 188 g/mol. The lowest BCUT2D eigenvalue weighted by Gasteiger charge is -2.00. The van der Waals surface area contributed by atoms with Gasteiger partial charge in [-0.1, -0.05) is 24.4 Å². The quantitative estimate of drug-likeness (QED) is 0.694. The summed E-state index contributed by atoms with van der Waals surface area (Å²) in [5.74, 6) is 0. The summed E-state index contributed by atoms with van der Waals surface area (Å²) < 4.78 is 0. The fourth-order valence-electron chi connectivity index (χ4n) is 1.24. The van der Waals surface area contributed by atoms with E-state index in [0.717, 1.165) is 16.3 Å². The number of aromatic nitrogens is 1. The maximum atomic E-state index is 5.52. The summed E-state index contributed by atoms with van der Waals surface area (Å²) in [6.45, 7) is 0. The van der Waals surface area contributed by atoms with Crippen molar-refractivity contribution in [2.24, 2.45) is 5.73 Å². The minimum Gasteiger partial charge on any atom is -0.389 e. The SMILES string of the molecule is NC(=S)c1ccc2cnccc2c1. The van der Waals surface area contributed by atoms with E-state index in [-0.39, 0.29) is 0 Å². The molecule has 1 heterocycles. The molecule has 0 saturated carbocycles. The molecule has 0 amide bonds. The van der Waals surface area contributed by atoms with E-state index in [1.54, 1.807) is 6.20 Å². The number of pyridine rings is 1. The molecule has 1 aromatic heterocycles. The topological polar surface area (TPSA) is 38.9 Å². The molecule has 0 atom stereocenters. The molecule has 0 fully saturated rings. The summed E-state index contributed by atoms with van der Waals surface area (Å²) in [5.41, 5.74) is 6.42. The summed E-state index contributed by atoms with van der Waals surface area (Å²) in [7, 11) is 0. The predicted octanol–water partition coefficient (Wildman–Crippen LogP) is 1.87. The molecule has 2 aromatic rings. The highest BCUT2D eigenvalue weighted by Crippen LogP contribution is 2.13. The van der Waals surface area contributed by atoms with Crippen LogP contribution in [0.1, 0.15) is 5.56 Å². The molecular formula is C10H8N2S. The minimum atomic E-state index is 0.429. The number of hydrogen-bond donors (Lipinski definition) is 1. The van der Waals surface area contributed by atoms with Crippen LogP contribution in [0.15, 0.2) is 36.7 Å². The number of nitrogens with zero attached hydrogens (tertiary/aromatic N) is 1. The Hall–Kier alpha value is -1.48. The first-order chi connectivity index (χ1) is 6.27. The molecule has 0 aliphatic carbocycles. The Kier molecular flexibility index (Phi) is 1.94. The Labute approximate surface area is 81.4 Å². The molecule has 3 heteroatoms. The van der Waals surface area contributed by atoms with Crippen molar-refractivity contribution < 1.29 is 0 Å². The summed E-state index contributed by atoms with van der Waals surface area (Å²) in [4.78, 5) is 4.45. The largest absolute Gasteiger partial charge is 0.389 e.